The van der Waals surface area contributed by atoms with Crippen molar-refractivity contribution in [2.24, 2.45) is 0 Å². The molecule has 14 heteroatoms. The van der Waals surface area contributed by atoms with E-state index < -0.39 is 42.8 Å². The molecule has 12 nitrogen and oxygen atoms in total. The fourth-order valence-corrected chi connectivity index (χ4v) is 5.70. The standard InChI is InChI=1S/C26H30FN5O7S/c1-16-23(24(33)28-15-20-6-5-13-38-20)29-31(18-9-7-17(27)8-10-18)25(16)39-21-12-11-19(32(34)35)14-22(21)40(36,37)30-26(2,3)4/h7-12,14,20,30H,5-6,13,15H2,1-4H3,(H,28,33)/t20-/m1/s1. The summed E-state index contributed by atoms with van der Waals surface area (Å²) in [6, 6.07) is 8.38. The largest absolute Gasteiger partial charge is 0.437 e. The van der Waals surface area contributed by atoms with Crippen molar-refractivity contribution in [1.29, 1.82) is 0 Å². The second kappa shape index (κ2) is 11.3. The molecule has 0 radical (unpaired) electrons. The molecule has 4 rings (SSSR count). The summed E-state index contributed by atoms with van der Waals surface area (Å²) in [5.74, 6) is -1.28. The number of aromatic nitrogens is 2. The highest BCUT2D eigenvalue weighted by molar-refractivity contribution is 7.89. The molecule has 2 heterocycles. The summed E-state index contributed by atoms with van der Waals surface area (Å²) >= 11 is 0. The zero-order chi connectivity index (χ0) is 29.2. The number of benzene rings is 2. The number of hydrogen-bond donors (Lipinski definition) is 2. The normalized spacial score (nSPS) is 15.7. The SMILES string of the molecule is Cc1c(C(=O)NC[C@H]2CCCO2)nn(-c2ccc(F)cc2)c1Oc1ccc([N+](=O)[O-])cc1S(=O)(=O)NC(C)(C)C. The lowest BCUT2D eigenvalue weighted by molar-refractivity contribution is -0.385. The molecule has 1 aliphatic rings. The topological polar surface area (TPSA) is 155 Å². The number of ether oxygens (including phenoxy) is 2. The van der Waals surface area contributed by atoms with Crippen LogP contribution >= 0.6 is 0 Å². The van der Waals surface area contributed by atoms with Crippen molar-refractivity contribution < 1.29 is 32.0 Å². The highest BCUT2D eigenvalue weighted by Crippen LogP contribution is 2.36. The molecular formula is C26H30FN5O7S. The molecule has 0 spiro atoms. The number of nitrogens with one attached hydrogen (secondary N) is 2. The van der Waals surface area contributed by atoms with E-state index in [9.17, 15) is 27.7 Å². The summed E-state index contributed by atoms with van der Waals surface area (Å²) in [7, 11) is -4.30. The van der Waals surface area contributed by atoms with Crippen LogP contribution in [0.4, 0.5) is 10.1 Å². The van der Waals surface area contributed by atoms with Gasteiger partial charge in [-0.1, -0.05) is 0 Å². The van der Waals surface area contributed by atoms with Gasteiger partial charge in [-0.25, -0.2) is 17.5 Å². The number of rotatable bonds is 9. The van der Waals surface area contributed by atoms with Crippen LogP contribution in [-0.4, -0.2) is 53.8 Å². The van der Waals surface area contributed by atoms with E-state index in [4.69, 9.17) is 9.47 Å². The molecule has 1 amide bonds. The second-order valence-corrected chi connectivity index (χ2v) is 12.0. The smallest absolute Gasteiger partial charge is 0.272 e. The molecule has 0 unspecified atom stereocenters. The molecule has 2 N–H and O–H groups in total. The van der Waals surface area contributed by atoms with Gasteiger partial charge in [-0.3, -0.25) is 14.9 Å². The van der Waals surface area contributed by atoms with Crippen LogP contribution in [0.3, 0.4) is 0 Å². The average Bonchev–Trinajstić information content (AvgIpc) is 3.50. The molecule has 214 valence electrons. The second-order valence-electron chi connectivity index (χ2n) is 10.4. The fourth-order valence-electron chi connectivity index (χ4n) is 4.14. The van der Waals surface area contributed by atoms with E-state index >= 15 is 0 Å². The van der Waals surface area contributed by atoms with Gasteiger partial charge in [0, 0.05) is 36.4 Å². The summed E-state index contributed by atoms with van der Waals surface area (Å²) in [4.78, 5) is 23.3. The minimum absolute atomic E-state index is 0.00328. The highest BCUT2D eigenvalue weighted by atomic mass is 32.2. The number of nitro benzene ring substituents is 1. The Morgan fingerprint density at radius 1 is 1.25 bits per heavy atom. The van der Waals surface area contributed by atoms with E-state index in [-0.39, 0.29) is 35.5 Å². The summed E-state index contributed by atoms with van der Waals surface area (Å²) in [6.45, 7) is 7.34. The number of nitrogens with zero attached hydrogens (tertiary/aromatic N) is 3. The van der Waals surface area contributed by atoms with Gasteiger partial charge in [0.05, 0.1) is 16.7 Å². The van der Waals surface area contributed by atoms with Gasteiger partial charge in [0.15, 0.2) is 5.69 Å². The van der Waals surface area contributed by atoms with Crippen LogP contribution in [0.15, 0.2) is 47.4 Å². The van der Waals surface area contributed by atoms with E-state index in [1.807, 2.05) is 0 Å². The maximum Gasteiger partial charge on any atom is 0.272 e. The predicted molar refractivity (Wildman–Crippen MR) is 143 cm³/mol. The first-order valence-corrected chi connectivity index (χ1v) is 14.0. The third-order valence-corrected chi connectivity index (χ3v) is 7.72. The van der Waals surface area contributed by atoms with Gasteiger partial charge < -0.3 is 14.8 Å². The minimum Gasteiger partial charge on any atom is -0.437 e. The summed E-state index contributed by atoms with van der Waals surface area (Å²) in [6.07, 6.45) is 1.61. The number of sulfonamides is 1. The zero-order valence-corrected chi connectivity index (χ0v) is 23.2. The van der Waals surface area contributed by atoms with Crippen LogP contribution < -0.4 is 14.8 Å². The Morgan fingerprint density at radius 3 is 2.55 bits per heavy atom. The molecule has 1 saturated heterocycles. The van der Waals surface area contributed by atoms with E-state index in [1.165, 1.54) is 28.9 Å². The number of carbonyl (C=O) groups is 1. The molecule has 1 atom stereocenters. The first-order valence-electron chi connectivity index (χ1n) is 12.5. The molecule has 3 aromatic rings. The Hall–Kier alpha value is -3.88. The Kier molecular flexibility index (Phi) is 8.23. The van der Waals surface area contributed by atoms with Crippen molar-refractivity contribution >= 4 is 21.6 Å². The van der Waals surface area contributed by atoms with E-state index in [0.717, 1.165) is 31.0 Å². The number of carbonyl (C=O) groups excluding carboxylic acids is 1. The average molecular weight is 576 g/mol. The van der Waals surface area contributed by atoms with Crippen LogP contribution in [0.1, 0.15) is 49.7 Å². The van der Waals surface area contributed by atoms with Crippen LogP contribution in [0.25, 0.3) is 5.69 Å². The lowest BCUT2D eigenvalue weighted by Gasteiger charge is -2.21. The Bertz CT molecular complexity index is 1530. The summed E-state index contributed by atoms with van der Waals surface area (Å²) in [5.41, 5.74) is -0.770. The van der Waals surface area contributed by atoms with Crippen LogP contribution in [-0.2, 0) is 14.8 Å². The molecule has 1 fully saturated rings. The quantitative estimate of drug-likeness (QED) is 0.287. The molecule has 1 aliphatic heterocycles. The van der Waals surface area contributed by atoms with Crippen molar-refractivity contribution in [3.8, 4) is 17.3 Å². The monoisotopic (exact) mass is 575 g/mol. The van der Waals surface area contributed by atoms with Gasteiger partial charge in [0.1, 0.15) is 16.5 Å². The number of halogens is 1. The fraction of sp³-hybridized carbons (Fsp3) is 0.385. The van der Waals surface area contributed by atoms with Gasteiger partial charge in [-0.15, -0.1) is 0 Å². The van der Waals surface area contributed by atoms with Crippen molar-refractivity contribution in [2.45, 2.75) is 57.1 Å². The molecule has 1 aromatic heterocycles. The first-order chi connectivity index (χ1) is 18.7. The van der Waals surface area contributed by atoms with Gasteiger partial charge in [-0.2, -0.15) is 9.78 Å². The number of hydrogen-bond acceptors (Lipinski definition) is 8. The van der Waals surface area contributed by atoms with Gasteiger partial charge in [-0.05, 0) is 70.9 Å². The van der Waals surface area contributed by atoms with Crippen molar-refractivity contribution in [2.75, 3.05) is 13.2 Å². The maximum atomic E-state index is 13.7. The van der Waals surface area contributed by atoms with Gasteiger partial charge in [0.25, 0.3) is 11.6 Å². The minimum atomic E-state index is -4.30. The van der Waals surface area contributed by atoms with Crippen LogP contribution in [0.5, 0.6) is 11.6 Å². The molecule has 0 bridgehead atoms. The molecule has 40 heavy (non-hydrogen) atoms. The molecule has 0 saturated carbocycles. The van der Waals surface area contributed by atoms with Crippen LogP contribution in [0, 0.1) is 22.9 Å². The third kappa shape index (κ3) is 6.63. The highest BCUT2D eigenvalue weighted by Gasteiger charge is 2.30. The Labute approximate surface area is 230 Å². The van der Waals surface area contributed by atoms with Crippen molar-refractivity contribution in [3.05, 3.63) is 69.7 Å². The zero-order valence-electron chi connectivity index (χ0n) is 22.4. The molecular weight excluding hydrogens is 545 g/mol. The summed E-state index contributed by atoms with van der Waals surface area (Å²) in [5, 5.41) is 18.6. The van der Waals surface area contributed by atoms with Crippen molar-refractivity contribution in [1.82, 2.24) is 19.8 Å². The van der Waals surface area contributed by atoms with E-state index in [0.29, 0.717) is 12.3 Å². The van der Waals surface area contributed by atoms with E-state index in [1.54, 1.807) is 27.7 Å². The number of amides is 1. The van der Waals surface area contributed by atoms with Crippen molar-refractivity contribution in [3.63, 3.8) is 0 Å². The number of nitro groups is 1. The lowest BCUT2D eigenvalue weighted by atomic mass is 10.1. The summed E-state index contributed by atoms with van der Waals surface area (Å²) < 4.78 is 55.6. The number of non-ortho nitro benzene ring substituents is 1. The molecule has 0 aliphatic carbocycles. The predicted octanol–water partition coefficient (Wildman–Crippen LogP) is 4.01. The Morgan fingerprint density at radius 2 is 1.95 bits per heavy atom. The Balaban J connectivity index is 1.79. The first kappa shape index (κ1) is 29.1. The van der Waals surface area contributed by atoms with Gasteiger partial charge in [0.2, 0.25) is 15.9 Å². The lowest BCUT2D eigenvalue weighted by Crippen LogP contribution is -2.40. The van der Waals surface area contributed by atoms with Gasteiger partial charge >= 0.3 is 0 Å². The molecule has 2 aromatic carbocycles. The third-order valence-electron chi connectivity index (χ3n) is 5.94. The van der Waals surface area contributed by atoms with Crippen LogP contribution in [0.2, 0.25) is 0 Å². The maximum absolute atomic E-state index is 13.7. The van der Waals surface area contributed by atoms with E-state index in [2.05, 4.69) is 15.1 Å².